The van der Waals surface area contributed by atoms with Gasteiger partial charge in [0.15, 0.2) is 5.96 Å². The highest BCUT2D eigenvalue weighted by Gasteiger charge is 2.18. The SMILES string of the molecule is CCNC(=NCc1ccnc(N2CCOC(C)C2)c1)NCc1cc(C)ccc1OC(F)F.I. The van der Waals surface area contributed by atoms with Crippen LogP contribution in [0.25, 0.3) is 0 Å². The Kier molecular flexibility index (Phi) is 11.0. The van der Waals surface area contributed by atoms with Crippen LogP contribution in [0.3, 0.4) is 0 Å². The second-order valence-electron chi connectivity index (χ2n) is 7.69. The van der Waals surface area contributed by atoms with E-state index < -0.39 is 6.61 Å². The van der Waals surface area contributed by atoms with Gasteiger partial charge in [0, 0.05) is 37.9 Å². The number of aromatic nitrogens is 1. The maximum absolute atomic E-state index is 12.7. The number of anilines is 1. The Bertz CT molecular complexity index is 916. The van der Waals surface area contributed by atoms with Crippen LogP contribution in [-0.2, 0) is 17.8 Å². The number of nitrogens with zero attached hydrogens (tertiary/aromatic N) is 3. The minimum absolute atomic E-state index is 0. The van der Waals surface area contributed by atoms with E-state index >= 15 is 0 Å². The molecule has 0 radical (unpaired) electrons. The molecule has 0 amide bonds. The van der Waals surface area contributed by atoms with Crippen molar-refractivity contribution in [1.29, 1.82) is 0 Å². The zero-order valence-electron chi connectivity index (χ0n) is 19.2. The number of ether oxygens (including phenoxy) is 2. The fraction of sp³-hybridized carbons (Fsp3) is 0.478. The van der Waals surface area contributed by atoms with Crippen LogP contribution in [0.5, 0.6) is 5.75 Å². The second-order valence-corrected chi connectivity index (χ2v) is 7.69. The predicted octanol–water partition coefficient (Wildman–Crippen LogP) is 4.09. The summed E-state index contributed by atoms with van der Waals surface area (Å²) >= 11 is 0. The molecule has 7 nitrogen and oxygen atoms in total. The Hall–Kier alpha value is -2.21. The van der Waals surface area contributed by atoms with Crippen molar-refractivity contribution >= 4 is 35.8 Å². The molecule has 1 aliphatic rings. The first-order chi connectivity index (χ1) is 15.4. The number of hydrogen-bond donors (Lipinski definition) is 2. The Labute approximate surface area is 211 Å². The highest BCUT2D eigenvalue weighted by Crippen LogP contribution is 2.22. The lowest BCUT2D eigenvalue weighted by Crippen LogP contribution is -2.41. The van der Waals surface area contributed by atoms with Gasteiger partial charge in [-0.05, 0) is 44.5 Å². The van der Waals surface area contributed by atoms with Gasteiger partial charge >= 0.3 is 6.61 Å². The predicted molar refractivity (Wildman–Crippen MR) is 137 cm³/mol. The van der Waals surface area contributed by atoms with Crippen LogP contribution in [0.4, 0.5) is 14.6 Å². The summed E-state index contributed by atoms with van der Waals surface area (Å²) in [6.45, 7) is 6.82. The summed E-state index contributed by atoms with van der Waals surface area (Å²) in [7, 11) is 0. The molecule has 33 heavy (non-hydrogen) atoms. The summed E-state index contributed by atoms with van der Waals surface area (Å²) in [6.07, 6.45) is 1.97. The monoisotopic (exact) mass is 575 g/mol. The number of rotatable bonds is 8. The lowest BCUT2D eigenvalue weighted by Gasteiger charge is -2.32. The van der Waals surface area contributed by atoms with Crippen molar-refractivity contribution in [2.24, 2.45) is 4.99 Å². The normalized spacial score (nSPS) is 16.4. The molecular formula is C23H32F2IN5O2. The van der Waals surface area contributed by atoms with E-state index in [1.165, 1.54) is 0 Å². The molecule has 1 atom stereocenters. The molecule has 0 spiro atoms. The van der Waals surface area contributed by atoms with Crippen LogP contribution in [0.1, 0.15) is 30.5 Å². The average molecular weight is 575 g/mol. The molecule has 1 saturated heterocycles. The van der Waals surface area contributed by atoms with E-state index in [2.05, 4.69) is 37.2 Å². The van der Waals surface area contributed by atoms with Gasteiger partial charge in [-0.3, -0.25) is 0 Å². The van der Waals surface area contributed by atoms with E-state index in [0.29, 0.717) is 37.8 Å². The van der Waals surface area contributed by atoms with E-state index in [-0.39, 0.29) is 35.8 Å². The number of pyridine rings is 1. The van der Waals surface area contributed by atoms with Crippen molar-refractivity contribution in [3.05, 3.63) is 53.2 Å². The van der Waals surface area contributed by atoms with Crippen molar-refractivity contribution in [3.8, 4) is 5.75 Å². The van der Waals surface area contributed by atoms with Crippen molar-refractivity contribution < 1.29 is 18.3 Å². The van der Waals surface area contributed by atoms with Crippen LogP contribution in [-0.4, -0.2) is 49.9 Å². The maximum atomic E-state index is 12.7. The molecule has 1 aliphatic heterocycles. The molecule has 1 unspecified atom stereocenters. The van der Waals surface area contributed by atoms with Gasteiger partial charge < -0.3 is 25.0 Å². The molecule has 0 bridgehead atoms. The van der Waals surface area contributed by atoms with E-state index in [1.54, 1.807) is 18.3 Å². The number of alkyl halides is 2. The summed E-state index contributed by atoms with van der Waals surface area (Å²) in [5.74, 6) is 1.67. The minimum Gasteiger partial charge on any atom is -0.434 e. The van der Waals surface area contributed by atoms with Gasteiger partial charge in [-0.25, -0.2) is 9.98 Å². The van der Waals surface area contributed by atoms with Gasteiger partial charge in [0.25, 0.3) is 0 Å². The van der Waals surface area contributed by atoms with Gasteiger partial charge in [0.2, 0.25) is 0 Å². The van der Waals surface area contributed by atoms with Crippen molar-refractivity contribution in [3.63, 3.8) is 0 Å². The standard InChI is InChI=1S/C23H31F2N5O2.HI/c1-4-26-23(29-14-19-11-16(2)5-6-20(19)32-22(24)25)28-13-18-7-8-27-21(12-18)30-9-10-31-17(3)15-30;/h5-8,11-12,17,22H,4,9-10,13-15H2,1-3H3,(H2,26,28,29);1H. The number of morpholine rings is 1. The van der Waals surface area contributed by atoms with Gasteiger partial charge in [0.05, 0.1) is 19.3 Å². The zero-order valence-corrected chi connectivity index (χ0v) is 21.5. The molecule has 1 fully saturated rings. The summed E-state index contributed by atoms with van der Waals surface area (Å²) in [5, 5.41) is 6.39. The molecule has 3 rings (SSSR count). The average Bonchev–Trinajstić information content (AvgIpc) is 2.77. The van der Waals surface area contributed by atoms with Crippen molar-refractivity contribution in [2.75, 3.05) is 31.1 Å². The Morgan fingerprint density at radius 2 is 2.12 bits per heavy atom. The molecule has 1 aromatic heterocycles. The smallest absolute Gasteiger partial charge is 0.387 e. The number of aliphatic imine (C=N–C) groups is 1. The second kappa shape index (κ2) is 13.5. The summed E-state index contributed by atoms with van der Waals surface area (Å²) < 4.78 is 35.7. The lowest BCUT2D eigenvalue weighted by atomic mass is 10.1. The van der Waals surface area contributed by atoms with Gasteiger partial charge in [0.1, 0.15) is 11.6 Å². The molecule has 2 heterocycles. The molecule has 2 aromatic rings. The quantitative estimate of drug-likeness (QED) is 0.281. The van der Waals surface area contributed by atoms with E-state index in [9.17, 15) is 8.78 Å². The summed E-state index contributed by atoms with van der Waals surface area (Å²) in [6, 6.07) is 9.12. The zero-order chi connectivity index (χ0) is 22.9. The number of hydrogen-bond acceptors (Lipinski definition) is 5. The first kappa shape index (κ1) is 27.0. The third kappa shape index (κ3) is 8.58. The molecule has 182 valence electrons. The first-order valence-electron chi connectivity index (χ1n) is 10.8. The molecule has 2 N–H and O–H groups in total. The number of halogens is 3. The van der Waals surface area contributed by atoms with Crippen LogP contribution < -0.4 is 20.3 Å². The topological polar surface area (TPSA) is 71.0 Å². The van der Waals surface area contributed by atoms with Crippen LogP contribution in [0.15, 0.2) is 41.5 Å². The van der Waals surface area contributed by atoms with E-state index in [1.807, 2.05) is 32.0 Å². The van der Waals surface area contributed by atoms with Crippen molar-refractivity contribution in [1.82, 2.24) is 15.6 Å². The number of nitrogens with one attached hydrogen (secondary N) is 2. The maximum Gasteiger partial charge on any atom is 0.387 e. The fourth-order valence-corrected chi connectivity index (χ4v) is 3.51. The van der Waals surface area contributed by atoms with Gasteiger partial charge in [-0.15, -0.1) is 24.0 Å². The number of aryl methyl sites for hydroxylation is 1. The van der Waals surface area contributed by atoms with E-state index in [0.717, 1.165) is 30.0 Å². The number of guanidine groups is 1. The van der Waals surface area contributed by atoms with Crippen LogP contribution >= 0.6 is 24.0 Å². The van der Waals surface area contributed by atoms with Crippen LogP contribution in [0, 0.1) is 6.92 Å². The highest BCUT2D eigenvalue weighted by atomic mass is 127. The fourth-order valence-electron chi connectivity index (χ4n) is 3.51. The molecule has 10 heteroatoms. The van der Waals surface area contributed by atoms with Crippen LogP contribution in [0.2, 0.25) is 0 Å². The highest BCUT2D eigenvalue weighted by molar-refractivity contribution is 14.0. The molecule has 0 aliphatic carbocycles. The Morgan fingerprint density at radius 1 is 1.30 bits per heavy atom. The Balaban J connectivity index is 0.00000385. The molecule has 1 aromatic carbocycles. The molecule has 0 saturated carbocycles. The number of benzene rings is 1. The first-order valence-corrected chi connectivity index (χ1v) is 10.8. The molecular weight excluding hydrogens is 543 g/mol. The van der Waals surface area contributed by atoms with Gasteiger partial charge in [-0.2, -0.15) is 8.78 Å². The van der Waals surface area contributed by atoms with E-state index in [4.69, 9.17) is 4.74 Å². The summed E-state index contributed by atoms with van der Waals surface area (Å²) in [4.78, 5) is 11.4. The lowest BCUT2D eigenvalue weighted by molar-refractivity contribution is -0.0504. The van der Waals surface area contributed by atoms with Gasteiger partial charge in [-0.1, -0.05) is 17.7 Å². The minimum atomic E-state index is -2.87. The third-order valence-corrected chi connectivity index (χ3v) is 5.02. The summed E-state index contributed by atoms with van der Waals surface area (Å²) in [5.41, 5.74) is 2.64. The third-order valence-electron chi connectivity index (χ3n) is 5.02. The largest absolute Gasteiger partial charge is 0.434 e. The van der Waals surface area contributed by atoms with Crippen molar-refractivity contribution in [2.45, 2.75) is 46.6 Å². The Morgan fingerprint density at radius 3 is 2.85 bits per heavy atom.